The van der Waals surface area contributed by atoms with Crippen molar-refractivity contribution in [2.24, 2.45) is 4.99 Å². The van der Waals surface area contributed by atoms with Gasteiger partial charge in [0.15, 0.2) is 17.1 Å². The number of aromatic nitrogens is 2. The Morgan fingerprint density at radius 3 is 2.87 bits per heavy atom. The van der Waals surface area contributed by atoms with Crippen LogP contribution in [0.2, 0.25) is 0 Å². The molecule has 0 spiro atoms. The van der Waals surface area contributed by atoms with Gasteiger partial charge in [-0.2, -0.15) is 0 Å². The molecule has 2 aromatic rings. The van der Waals surface area contributed by atoms with Crippen molar-refractivity contribution in [1.82, 2.24) is 9.97 Å². The quantitative estimate of drug-likeness (QED) is 0.620. The van der Waals surface area contributed by atoms with Crippen molar-refractivity contribution >= 4 is 12.1 Å². The molecule has 0 unspecified atom stereocenters. The Labute approximate surface area is 85.6 Å². The lowest BCUT2D eigenvalue weighted by atomic mass is 10.4. The number of nitrogens with zero attached hydrogens (tertiary/aromatic N) is 3. The van der Waals surface area contributed by atoms with E-state index in [9.17, 15) is 0 Å². The number of hydrogen-bond acceptors (Lipinski definition) is 4. The fraction of sp³-hybridized carbons (Fsp3) is 0. The van der Waals surface area contributed by atoms with Gasteiger partial charge in [0.1, 0.15) is 6.26 Å². The highest BCUT2D eigenvalue weighted by atomic mass is 16.5. The van der Waals surface area contributed by atoms with Crippen molar-refractivity contribution in [2.75, 3.05) is 0 Å². The Balaban J connectivity index is 2.36. The largest absolute Gasteiger partial charge is 0.460 e. The number of ether oxygens (including phenoxy) is 1. The van der Waals surface area contributed by atoms with Crippen molar-refractivity contribution in [3.63, 3.8) is 0 Å². The van der Waals surface area contributed by atoms with Gasteiger partial charge in [-0.1, -0.05) is 0 Å². The molecule has 0 N–H and O–H groups in total. The molecule has 0 radical (unpaired) electrons. The molecule has 4 heteroatoms. The zero-order chi connectivity index (χ0) is 10.1. The molecule has 4 nitrogen and oxygen atoms in total. The summed E-state index contributed by atoms with van der Waals surface area (Å²) in [6.45, 7) is 0. The average Bonchev–Trinajstić information content (AvgIpc) is 2.48. The van der Waals surface area contributed by atoms with E-state index in [4.69, 9.17) is 4.74 Å². The number of fused-ring (bicyclic) bond motifs is 2. The second kappa shape index (κ2) is 3.16. The Hall–Kier alpha value is -2.23. The number of rotatable bonds is 0. The van der Waals surface area contributed by atoms with Crippen molar-refractivity contribution in [2.45, 2.75) is 0 Å². The topological polar surface area (TPSA) is 47.4 Å². The van der Waals surface area contributed by atoms with Gasteiger partial charge in [0.25, 0.3) is 0 Å². The van der Waals surface area contributed by atoms with Crippen molar-refractivity contribution < 1.29 is 4.74 Å². The van der Waals surface area contributed by atoms with Crippen LogP contribution in [0.3, 0.4) is 0 Å². The van der Waals surface area contributed by atoms with Gasteiger partial charge < -0.3 is 4.74 Å². The van der Waals surface area contributed by atoms with Crippen LogP contribution < -0.4 is 15.4 Å². The fourth-order valence-electron chi connectivity index (χ4n) is 1.38. The molecular weight excluding hydrogens is 190 g/mol. The van der Waals surface area contributed by atoms with E-state index in [0.29, 0.717) is 17.1 Å². The van der Waals surface area contributed by atoms with Gasteiger partial charge in [0, 0.05) is 12.4 Å². The van der Waals surface area contributed by atoms with Crippen LogP contribution in [0.25, 0.3) is 6.26 Å². The zero-order valence-electron chi connectivity index (χ0n) is 7.79. The first kappa shape index (κ1) is 8.11. The third-order valence-corrected chi connectivity index (χ3v) is 2.09. The van der Waals surface area contributed by atoms with Gasteiger partial charge in [-0.3, -0.25) is 0 Å². The molecule has 0 aliphatic carbocycles. The second-order valence-electron chi connectivity index (χ2n) is 3.09. The van der Waals surface area contributed by atoms with Crippen molar-refractivity contribution in [3.05, 3.63) is 47.4 Å². The lowest BCUT2D eigenvalue weighted by Crippen LogP contribution is -2.27. The predicted octanol–water partition coefficient (Wildman–Crippen LogP) is 0.558. The maximum atomic E-state index is 5.45. The van der Waals surface area contributed by atoms with E-state index in [1.54, 1.807) is 18.7 Å². The molecule has 3 heterocycles. The summed E-state index contributed by atoms with van der Waals surface area (Å²) in [4.78, 5) is 12.6. The molecule has 0 saturated carbocycles. The van der Waals surface area contributed by atoms with Crippen LogP contribution in [0.1, 0.15) is 0 Å². The van der Waals surface area contributed by atoms with Crippen LogP contribution in [0.5, 0.6) is 5.75 Å². The minimum absolute atomic E-state index is 0.561. The summed E-state index contributed by atoms with van der Waals surface area (Å²) in [7, 11) is 0. The highest BCUT2D eigenvalue weighted by molar-refractivity contribution is 5.47. The molecule has 1 aliphatic heterocycles. The molecule has 0 fully saturated rings. The minimum Gasteiger partial charge on any atom is -0.460 e. The molecule has 2 aromatic heterocycles. The van der Waals surface area contributed by atoms with E-state index in [1.807, 2.05) is 24.3 Å². The highest BCUT2D eigenvalue weighted by Crippen LogP contribution is 2.23. The van der Waals surface area contributed by atoms with E-state index in [0.717, 1.165) is 5.22 Å². The lowest BCUT2D eigenvalue weighted by Gasteiger charge is -1.98. The Morgan fingerprint density at radius 2 is 1.87 bits per heavy atom. The van der Waals surface area contributed by atoms with E-state index in [2.05, 4.69) is 15.0 Å². The third-order valence-electron chi connectivity index (χ3n) is 2.09. The fourth-order valence-corrected chi connectivity index (χ4v) is 1.38. The van der Waals surface area contributed by atoms with Crippen LogP contribution in [0, 0.1) is 0 Å². The van der Waals surface area contributed by atoms with E-state index in [1.165, 1.54) is 0 Å². The number of hydrogen-bond donors (Lipinski definition) is 0. The first-order chi connectivity index (χ1) is 7.43. The van der Waals surface area contributed by atoms with Gasteiger partial charge in [0.2, 0.25) is 0 Å². The maximum Gasteiger partial charge on any atom is 0.197 e. The van der Waals surface area contributed by atoms with Gasteiger partial charge >= 0.3 is 0 Å². The van der Waals surface area contributed by atoms with Crippen molar-refractivity contribution in [1.29, 1.82) is 0 Å². The second-order valence-corrected chi connectivity index (χ2v) is 3.09. The van der Waals surface area contributed by atoms with Gasteiger partial charge in [0.05, 0.1) is 5.22 Å². The summed E-state index contributed by atoms with van der Waals surface area (Å²) in [5, 5.41) is 0.857. The molecule has 0 bridgehead atoms. The summed E-state index contributed by atoms with van der Waals surface area (Å²) >= 11 is 0. The number of pyridine rings is 2. The molecular formula is C11H7N3O. The lowest BCUT2D eigenvalue weighted by molar-refractivity contribution is 0.540. The summed E-state index contributed by atoms with van der Waals surface area (Å²) in [6.07, 6.45) is 5.02. The van der Waals surface area contributed by atoms with Gasteiger partial charge in [-0.05, 0) is 24.3 Å². The van der Waals surface area contributed by atoms with Gasteiger partial charge in [-0.15, -0.1) is 0 Å². The van der Waals surface area contributed by atoms with E-state index in [-0.39, 0.29) is 0 Å². The standard InChI is InChI=1S/C11H7N3O/c1-3-8-7-15-9-4-2-6-13-11(9)14-10(8)12-5-1/h1-7H. The van der Waals surface area contributed by atoms with Crippen LogP contribution >= 0.6 is 0 Å². The SMILES string of the molecule is C1=c2cccnc2=Nc2ncccc2O1. The Morgan fingerprint density at radius 1 is 1.00 bits per heavy atom. The third kappa shape index (κ3) is 1.36. The molecule has 72 valence electrons. The molecule has 3 rings (SSSR count). The first-order valence-electron chi connectivity index (χ1n) is 4.55. The first-order valence-corrected chi connectivity index (χ1v) is 4.55. The zero-order valence-corrected chi connectivity index (χ0v) is 7.79. The van der Waals surface area contributed by atoms with Crippen molar-refractivity contribution in [3.8, 4) is 5.75 Å². The van der Waals surface area contributed by atoms with Crippen LogP contribution in [-0.2, 0) is 0 Å². The average molecular weight is 197 g/mol. The summed E-state index contributed by atoms with van der Waals surface area (Å²) in [5.41, 5.74) is 0.634. The smallest absolute Gasteiger partial charge is 0.197 e. The highest BCUT2D eigenvalue weighted by Gasteiger charge is 2.05. The van der Waals surface area contributed by atoms with Crippen LogP contribution in [-0.4, -0.2) is 9.97 Å². The molecule has 0 atom stereocenters. The van der Waals surface area contributed by atoms with E-state index >= 15 is 0 Å². The summed E-state index contributed by atoms with van der Waals surface area (Å²) in [6, 6.07) is 7.38. The Bertz CT molecular complexity index is 622. The molecule has 0 aromatic carbocycles. The molecule has 0 saturated heterocycles. The maximum absolute atomic E-state index is 5.45. The summed E-state index contributed by atoms with van der Waals surface area (Å²) in [5.74, 6) is 1.21. The molecule has 0 amide bonds. The molecule has 1 aliphatic rings. The van der Waals surface area contributed by atoms with Crippen LogP contribution in [0.15, 0.2) is 41.7 Å². The normalized spacial score (nSPS) is 12.3. The predicted molar refractivity (Wildman–Crippen MR) is 54.0 cm³/mol. The monoisotopic (exact) mass is 197 g/mol. The minimum atomic E-state index is 0.561. The van der Waals surface area contributed by atoms with Gasteiger partial charge in [-0.25, -0.2) is 15.0 Å². The Kier molecular flexibility index (Phi) is 1.71. The summed E-state index contributed by atoms with van der Waals surface area (Å²) < 4.78 is 5.45. The van der Waals surface area contributed by atoms with E-state index < -0.39 is 0 Å². The molecule has 15 heavy (non-hydrogen) atoms. The van der Waals surface area contributed by atoms with Crippen LogP contribution in [0.4, 0.5) is 5.82 Å².